The highest BCUT2D eigenvalue weighted by Gasteiger charge is 2.30. The summed E-state index contributed by atoms with van der Waals surface area (Å²) in [5.74, 6) is -2.12. The van der Waals surface area contributed by atoms with Gasteiger partial charge in [0.25, 0.3) is 0 Å². The van der Waals surface area contributed by atoms with Crippen LogP contribution in [0, 0.1) is 0 Å². The smallest absolute Gasteiger partial charge is 0.462 e. The number of hydrogen-bond donors (Lipinski definition) is 3. The van der Waals surface area contributed by atoms with Crippen molar-refractivity contribution in [2.75, 3.05) is 39.6 Å². The van der Waals surface area contributed by atoms with E-state index in [0.717, 1.165) is 89.9 Å². The quantitative estimate of drug-likeness (QED) is 0.0222. The Bertz CT molecular complexity index is 1710. The Labute approximate surface area is 543 Å². The second kappa shape index (κ2) is 64.8. The number of aliphatic hydroxyl groups is 1. The molecule has 0 rings (SSSR count). The largest absolute Gasteiger partial charge is 0.472 e. The third-order valence-corrected chi connectivity index (χ3v) is 18.3. The van der Waals surface area contributed by atoms with Crippen LogP contribution < -0.4 is 0 Å². The molecule has 0 aromatic heterocycles. The third kappa shape index (κ3) is 64.6. The standard InChI is InChI=1S/C70H136O17P2/c1-5-9-13-17-21-25-29-32-33-34-37-41-45-49-53-57-70(75)87-66(61-81-68(73)55-51-47-43-39-35-30-26-22-18-14-10-6-2)63-85-89(78,79)83-59-64(71)58-82-88(76,77)84-62-65(60-80-67(72)54-50-46-42-38-28-24-20-16-12-8-4)86-69(74)56-52-48-44-40-36-31-27-23-19-15-11-7-3/h64-66,71H,5-63H2,1-4H3,(H,76,77)(H,78,79)/t64-,65+,66+/m0/s1. The maximum absolute atomic E-state index is 13.0. The fourth-order valence-corrected chi connectivity index (χ4v) is 12.3. The van der Waals surface area contributed by atoms with Gasteiger partial charge in [0.1, 0.15) is 19.3 Å². The van der Waals surface area contributed by atoms with E-state index in [9.17, 15) is 43.2 Å². The molecule has 0 fully saturated rings. The van der Waals surface area contributed by atoms with Crippen LogP contribution in [0.15, 0.2) is 0 Å². The van der Waals surface area contributed by atoms with Crippen LogP contribution in [0.2, 0.25) is 0 Å². The Morgan fingerprint density at radius 3 is 0.663 bits per heavy atom. The first kappa shape index (κ1) is 87.1. The van der Waals surface area contributed by atoms with E-state index in [1.165, 1.54) is 199 Å². The van der Waals surface area contributed by atoms with E-state index in [1.807, 2.05) is 0 Å². The van der Waals surface area contributed by atoms with E-state index in [2.05, 4.69) is 27.7 Å². The normalized spacial score (nSPS) is 14.0. The van der Waals surface area contributed by atoms with Gasteiger partial charge >= 0.3 is 39.5 Å². The Hall–Kier alpha value is -1.94. The van der Waals surface area contributed by atoms with Crippen LogP contribution in [0.25, 0.3) is 0 Å². The molecule has 17 nitrogen and oxygen atoms in total. The minimum absolute atomic E-state index is 0.108. The fraction of sp³-hybridized carbons (Fsp3) is 0.943. The lowest BCUT2D eigenvalue weighted by Crippen LogP contribution is -2.30. The molecule has 3 N–H and O–H groups in total. The van der Waals surface area contributed by atoms with Crippen LogP contribution in [0.3, 0.4) is 0 Å². The lowest BCUT2D eigenvalue weighted by atomic mass is 10.0. The lowest BCUT2D eigenvalue weighted by Gasteiger charge is -2.21. The van der Waals surface area contributed by atoms with E-state index in [-0.39, 0.29) is 25.7 Å². The molecule has 0 radical (unpaired) electrons. The number of phosphoric ester groups is 2. The second-order valence-electron chi connectivity index (χ2n) is 25.3. The van der Waals surface area contributed by atoms with Crippen molar-refractivity contribution in [1.29, 1.82) is 0 Å². The monoisotopic (exact) mass is 1310 g/mol. The topological polar surface area (TPSA) is 237 Å². The Balaban J connectivity index is 5.24. The summed E-state index contributed by atoms with van der Waals surface area (Å²) in [7, 11) is -9.90. The van der Waals surface area contributed by atoms with Gasteiger partial charge in [-0.05, 0) is 25.7 Å². The molecule has 0 amide bonds. The van der Waals surface area contributed by atoms with Crippen molar-refractivity contribution in [3.8, 4) is 0 Å². The summed E-state index contributed by atoms with van der Waals surface area (Å²) in [6, 6.07) is 0. The van der Waals surface area contributed by atoms with Gasteiger partial charge < -0.3 is 33.8 Å². The summed E-state index contributed by atoms with van der Waals surface area (Å²) in [4.78, 5) is 72.5. The number of phosphoric acid groups is 2. The molecule has 5 atom stereocenters. The average Bonchev–Trinajstić information content (AvgIpc) is 3.53. The van der Waals surface area contributed by atoms with E-state index < -0.39 is 97.5 Å². The number of hydrogen-bond acceptors (Lipinski definition) is 15. The number of rotatable bonds is 71. The van der Waals surface area contributed by atoms with Gasteiger partial charge in [-0.1, -0.05) is 317 Å². The van der Waals surface area contributed by atoms with Crippen LogP contribution in [0.4, 0.5) is 0 Å². The van der Waals surface area contributed by atoms with Crippen LogP contribution in [-0.4, -0.2) is 96.7 Å². The number of esters is 4. The van der Waals surface area contributed by atoms with Gasteiger partial charge in [-0.3, -0.25) is 37.3 Å². The molecular weight excluding hydrogens is 1170 g/mol. The average molecular weight is 1310 g/mol. The molecule has 89 heavy (non-hydrogen) atoms. The van der Waals surface area contributed by atoms with Gasteiger partial charge in [0.2, 0.25) is 0 Å². The van der Waals surface area contributed by atoms with Crippen LogP contribution in [0.5, 0.6) is 0 Å². The number of carbonyl (C=O) groups excluding carboxylic acids is 4. The molecule has 0 aliphatic carbocycles. The summed E-state index contributed by atoms with van der Waals surface area (Å²) in [5.41, 5.74) is 0. The van der Waals surface area contributed by atoms with Gasteiger partial charge in [0.15, 0.2) is 12.2 Å². The van der Waals surface area contributed by atoms with Crippen molar-refractivity contribution < 1.29 is 80.2 Å². The van der Waals surface area contributed by atoms with Crippen LogP contribution in [-0.2, 0) is 65.4 Å². The summed E-state index contributed by atoms with van der Waals surface area (Å²) >= 11 is 0. The van der Waals surface area contributed by atoms with E-state index in [1.54, 1.807) is 0 Å². The molecule has 0 aromatic carbocycles. The zero-order valence-electron chi connectivity index (χ0n) is 57.4. The number of aliphatic hydroxyl groups excluding tert-OH is 1. The molecule has 0 saturated heterocycles. The second-order valence-corrected chi connectivity index (χ2v) is 28.2. The van der Waals surface area contributed by atoms with Crippen molar-refractivity contribution in [3.63, 3.8) is 0 Å². The maximum atomic E-state index is 13.0. The number of unbranched alkanes of at least 4 members (excludes halogenated alkanes) is 45. The summed E-state index contributed by atoms with van der Waals surface area (Å²) in [6.45, 7) is 4.94. The summed E-state index contributed by atoms with van der Waals surface area (Å²) in [5, 5.41) is 10.6. The lowest BCUT2D eigenvalue weighted by molar-refractivity contribution is -0.161. The summed E-state index contributed by atoms with van der Waals surface area (Å²) in [6.07, 6.45) is 52.5. The first-order chi connectivity index (χ1) is 43.2. The molecule has 0 aliphatic rings. The van der Waals surface area contributed by atoms with Gasteiger partial charge in [-0.15, -0.1) is 0 Å². The minimum atomic E-state index is -4.95. The fourth-order valence-electron chi connectivity index (χ4n) is 10.7. The van der Waals surface area contributed by atoms with Gasteiger partial charge in [0, 0.05) is 25.7 Å². The van der Waals surface area contributed by atoms with Gasteiger partial charge in [-0.25, -0.2) is 9.13 Å². The molecule has 0 heterocycles. The Morgan fingerprint density at radius 2 is 0.449 bits per heavy atom. The highest BCUT2D eigenvalue weighted by Crippen LogP contribution is 2.45. The molecule has 0 aliphatic heterocycles. The Kier molecular flexibility index (Phi) is 63.3. The zero-order chi connectivity index (χ0) is 65.4. The van der Waals surface area contributed by atoms with Crippen molar-refractivity contribution in [2.24, 2.45) is 0 Å². The van der Waals surface area contributed by atoms with Crippen molar-refractivity contribution in [2.45, 2.75) is 386 Å². The first-order valence-electron chi connectivity index (χ1n) is 36.8. The molecule has 0 spiro atoms. The Morgan fingerprint density at radius 1 is 0.270 bits per heavy atom. The van der Waals surface area contributed by atoms with Crippen molar-refractivity contribution >= 4 is 39.5 Å². The van der Waals surface area contributed by atoms with Gasteiger partial charge in [0.05, 0.1) is 26.4 Å². The van der Waals surface area contributed by atoms with E-state index in [0.29, 0.717) is 25.7 Å². The van der Waals surface area contributed by atoms with Crippen molar-refractivity contribution in [3.05, 3.63) is 0 Å². The number of ether oxygens (including phenoxy) is 4. The zero-order valence-corrected chi connectivity index (χ0v) is 59.2. The highest BCUT2D eigenvalue weighted by atomic mass is 31.2. The molecule has 0 aromatic rings. The predicted molar refractivity (Wildman–Crippen MR) is 359 cm³/mol. The number of carbonyl (C=O) groups is 4. The minimum Gasteiger partial charge on any atom is -0.462 e. The predicted octanol–water partition coefficient (Wildman–Crippen LogP) is 20.3. The van der Waals surface area contributed by atoms with Gasteiger partial charge in [-0.2, -0.15) is 0 Å². The van der Waals surface area contributed by atoms with E-state index in [4.69, 9.17) is 37.0 Å². The molecule has 2 unspecified atom stereocenters. The van der Waals surface area contributed by atoms with E-state index >= 15 is 0 Å². The van der Waals surface area contributed by atoms with Crippen LogP contribution in [0.1, 0.15) is 368 Å². The third-order valence-electron chi connectivity index (χ3n) is 16.4. The molecular formula is C70H136O17P2. The van der Waals surface area contributed by atoms with Crippen LogP contribution >= 0.6 is 15.6 Å². The molecule has 528 valence electrons. The highest BCUT2D eigenvalue weighted by molar-refractivity contribution is 7.47. The molecule has 0 bridgehead atoms. The summed E-state index contributed by atoms with van der Waals surface area (Å²) < 4.78 is 68.3. The van der Waals surface area contributed by atoms with Crippen molar-refractivity contribution in [1.82, 2.24) is 0 Å². The maximum Gasteiger partial charge on any atom is 0.472 e. The molecule has 0 saturated carbocycles. The molecule has 19 heteroatoms. The first-order valence-corrected chi connectivity index (χ1v) is 39.8. The SMILES string of the molecule is CCCCCCCCCCCCCCCCCC(=O)O[C@H](COC(=O)CCCCCCCCCCCCCC)COP(=O)(O)OC[C@@H](O)COP(=O)(O)OC[C@@H](COC(=O)CCCCCCCCCCCC)OC(=O)CCCCCCCCCCCCCC.